The Hall–Kier alpha value is 0.459. The second-order valence-electron chi connectivity index (χ2n) is 0.267. The van der Waals surface area contributed by atoms with Gasteiger partial charge in [-0.05, 0) is 0 Å². The molecule has 0 saturated heterocycles. The van der Waals surface area contributed by atoms with E-state index in [0.717, 1.165) is 5.88 Å². The molecule has 0 bridgehead atoms. The van der Waals surface area contributed by atoms with Crippen LogP contribution in [0.3, 0.4) is 0 Å². The number of rotatable bonds is 0. The molecule has 0 aliphatic heterocycles. The zero-order valence-electron chi connectivity index (χ0n) is 4.79. The molecule has 2 heteroatoms. The Labute approximate surface area is 38.3 Å². The third-order valence-corrected chi connectivity index (χ3v) is 0. The minimum Gasteiger partial charge on any atom is -1.00 e. The minimum absolute atomic E-state index is 0. The van der Waals surface area contributed by atoms with Gasteiger partial charge in [0.1, 0.15) is 0 Å². The Morgan fingerprint density at radius 3 is 2.00 bits per heavy atom. The molecule has 24 valence electrons. The summed E-state index contributed by atoms with van der Waals surface area (Å²) in [4.78, 5) is 0. The average Bonchev–Trinajstić information content (AvgIpc) is 0.918. The molecule has 0 radical (unpaired) electrons. The molecule has 0 saturated carbocycles. The van der Waals surface area contributed by atoms with E-state index in [4.69, 9.17) is 11.6 Å². The van der Waals surface area contributed by atoms with Gasteiger partial charge in [-0.25, -0.2) is 0 Å². The first-order valence-corrected chi connectivity index (χ1v) is 1.51. The van der Waals surface area contributed by atoms with Gasteiger partial charge >= 0.3 is 10.1 Å². The van der Waals surface area contributed by atoms with E-state index in [9.17, 15) is 0 Å². The van der Waals surface area contributed by atoms with Crippen molar-refractivity contribution >= 4 is 21.7 Å². The van der Waals surface area contributed by atoms with Crippen molar-refractivity contribution in [2.24, 2.45) is 0 Å². The first-order valence-electron chi connectivity index (χ1n) is 0.974. The van der Waals surface area contributed by atoms with Crippen molar-refractivity contribution in [1.82, 2.24) is 0 Å². The van der Waals surface area contributed by atoms with Crippen LogP contribution in [0.1, 0.15) is 9.78 Å². The SMILES string of the molecule is CCCl.[Be+2].[H-].[H-]. The van der Waals surface area contributed by atoms with Crippen LogP contribution in [-0.2, 0) is 0 Å². The number of halogens is 1. The Kier molecular flexibility index (Phi) is 21.7. The van der Waals surface area contributed by atoms with Gasteiger partial charge in [0.05, 0.1) is 0 Å². The molecule has 0 aromatic rings. The van der Waals surface area contributed by atoms with Crippen molar-refractivity contribution in [3.63, 3.8) is 0 Å². The summed E-state index contributed by atoms with van der Waals surface area (Å²) in [6.07, 6.45) is 0. The van der Waals surface area contributed by atoms with Crippen molar-refractivity contribution in [3.8, 4) is 0 Å². The van der Waals surface area contributed by atoms with E-state index < -0.39 is 0 Å². The first-order chi connectivity index (χ1) is 1.41. The maximum absolute atomic E-state index is 5.00. The summed E-state index contributed by atoms with van der Waals surface area (Å²) in [5.74, 6) is 0.722. The number of hydrogen-bond acceptors (Lipinski definition) is 0. The molecule has 0 N–H and O–H groups in total. The normalized spacial score (nSPS) is 4.50. The molecule has 0 spiro atoms. The van der Waals surface area contributed by atoms with Gasteiger partial charge in [-0.3, -0.25) is 0 Å². The van der Waals surface area contributed by atoms with Gasteiger partial charge in [-0.15, -0.1) is 11.6 Å². The van der Waals surface area contributed by atoms with E-state index in [1.54, 1.807) is 0 Å². The predicted octanol–water partition coefficient (Wildman–Crippen LogP) is 1.09. The van der Waals surface area contributed by atoms with Gasteiger partial charge in [0.25, 0.3) is 0 Å². The molecule has 0 rings (SSSR count). The topological polar surface area (TPSA) is 0 Å². The molecule has 0 aliphatic carbocycles. The van der Waals surface area contributed by atoms with E-state index in [2.05, 4.69) is 0 Å². The molecule has 0 unspecified atom stereocenters. The standard InChI is InChI=1S/C2H5Cl.Be.2H/c1-2-3;;;/h2H2,1H3;;;/q;+2;2*-1. The Balaban J connectivity index is -0.00000000667. The van der Waals surface area contributed by atoms with E-state index in [-0.39, 0.29) is 13.0 Å². The summed E-state index contributed by atoms with van der Waals surface area (Å²) >= 11 is 5.00. The van der Waals surface area contributed by atoms with Crippen LogP contribution in [0.15, 0.2) is 0 Å². The predicted molar refractivity (Wildman–Crippen MR) is 24.4 cm³/mol. The summed E-state index contributed by atoms with van der Waals surface area (Å²) < 4.78 is 0. The molecule has 0 aromatic carbocycles. The van der Waals surface area contributed by atoms with Crippen molar-refractivity contribution in [2.45, 2.75) is 6.92 Å². The van der Waals surface area contributed by atoms with Crippen molar-refractivity contribution in [2.75, 3.05) is 5.88 Å². The quantitative estimate of drug-likeness (QED) is 0.299. The molecule has 4 heavy (non-hydrogen) atoms. The van der Waals surface area contributed by atoms with Crippen LogP contribution >= 0.6 is 11.6 Å². The Morgan fingerprint density at radius 2 is 2.00 bits per heavy atom. The molecular weight excluding hydrogens is 68.5 g/mol. The zero-order valence-corrected chi connectivity index (χ0v) is 3.55. The van der Waals surface area contributed by atoms with E-state index in [1.807, 2.05) is 6.92 Å². The van der Waals surface area contributed by atoms with Gasteiger partial charge in [0.15, 0.2) is 0 Å². The van der Waals surface area contributed by atoms with Crippen molar-refractivity contribution in [3.05, 3.63) is 0 Å². The number of alkyl halides is 1. The third kappa shape index (κ3) is 24.9. The van der Waals surface area contributed by atoms with E-state index >= 15 is 0 Å². The summed E-state index contributed by atoms with van der Waals surface area (Å²) in [6, 6.07) is 0. The molecule has 0 amide bonds. The fourth-order valence-corrected chi connectivity index (χ4v) is 0. The van der Waals surface area contributed by atoms with E-state index in [1.165, 1.54) is 0 Å². The van der Waals surface area contributed by atoms with Crippen LogP contribution in [0.2, 0.25) is 0 Å². The van der Waals surface area contributed by atoms with Crippen LogP contribution in [0.4, 0.5) is 0 Å². The summed E-state index contributed by atoms with van der Waals surface area (Å²) in [5, 5.41) is 0. The van der Waals surface area contributed by atoms with Gasteiger partial charge < -0.3 is 2.85 Å². The summed E-state index contributed by atoms with van der Waals surface area (Å²) in [7, 11) is 0. The largest absolute Gasteiger partial charge is 2.00 e. The van der Waals surface area contributed by atoms with Crippen LogP contribution < -0.4 is 0 Å². The van der Waals surface area contributed by atoms with Crippen molar-refractivity contribution in [1.29, 1.82) is 0 Å². The molecule has 0 heterocycles. The molecular formula is C2H7BeCl. The molecule has 0 nitrogen and oxygen atoms in total. The molecule has 0 aromatic heterocycles. The first kappa shape index (κ1) is 8.82. The van der Waals surface area contributed by atoms with E-state index in [0.29, 0.717) is 0 Å². The zero-order chi connectivity index (χ0) is 2.71. The second kappa shape index (κ2) is 9.83. The Bertz CT molecular complexity index is 11.5. The third-order valence-electron chi connectivity index (χ3n) is 0. The monoisotopic (exact) mass is 75.0 g/mol. The maximum atomic E-state index is 5.00. The van der Waals surface area contributed by atoms with Crippen LogP contribution in [0.25, 0.3) is 0 Å². The minimum atomic E-state index is 0. The van der Waals surface area contributed by atoms with Gasteiger partial charge in [-0.1, -0.05) is 6.92 Å². The Morgan fingerprint density at radius 1 is 2.00 bits per heavy atom. The fraction of sp³-hybridized carbons (Fsp3) is 1.00. The molecule has 0 fully saturated rings. The summed E-state index contributed by atoms with van der Waals surface area (Å²) in [5.41, 5.74) is 0. The van der Waals surface area contributed by atoms with Crippen molar-refractivity contribution < 1.29 is 2.85 Å². The summed E-state index contributed by atoms with van der Waals surface area (Å²) in [6.45, 7) is 1.89. The fourth-order valence-electron chi connectivity index (χ4n) is 0. The number of hydrogen-bond donors (Lipinski definition) is 0. The second-order valence-corrected chi connectivity index (χ2v) is 0.802. The molecule has 0 atom stereocenters. The van der Waals surface area contributed by atoms with Crippen LogP contribution in [0, 0.1) is 0 Å². The smallest absolute Gasteiger partial charge is 1.00 e. The van der Waals surface area contributed by atoms with Gasteiger partial charge in [-0.2, -0.15) is 0 Å². The molecule has 0 aliphatic rings. The van der Waals surface area contributed by atoms with Gasteiger partial charge in [0.2, 0.25) is 0 Å². The maximum Gasteiger partial charge on any atom is 2.00 e. The van der Waals surface area contributed by atoms with Crippen LogP contribution in [-0.4, -0.2) is 16.0 Å². The van der Waals surface area contributed by atoms with Crippen LogP contribution in [0.5, 0.6) is 0 Å². The average molecular weight is 75.5 g/mol. The van der Waals surface area contributed by atoms with Gasteiger partial charge in [0, 0.05) is 5.88 Å².